The maximum Gasteiger partial charge on any atom is 0.270 e. The van der Waals surface area contributed by atoms with Crippen LogP contribution in [0, 0.1) is 11.3 Å². The van der Waals surface area contributed by atoms with Crippen LogP contribution in [0.2, 0.25) is 0 Å². The van der Waals surface area contributed by atoms with Crippen LogP contribution in [0.25, 0.3) is 11.0 Å². The molecule has 1 aliphatic carbocycles. The molecule has 2 fully saturated rings. The topological polar surface area (TPSA) is 116 Å². The molecule has 1 saturated heterocycles. The van der Waals surface area contributed by atoms with E-state index >= 15 is 0 Å². The molecule has 0 bridgehead atoms. The number of rotatable bonds is 4. The molecule has 5 rings (SSSR count). The highest BCUT2D eigenvalue weighted by Gasteiger charge is 2.23. The molecule has 4 heterocycles. The molecule has 9 heteroatoms. The summed E-state index contributed by atoms with van der Waals surface area (Å²) in [7, 11) is 2.15. The van der Waals surface area contributed by atoms with Crippen molar-refractivity contribution in [3.8, 4) is 6.07 Å². The van der Waals surface area contributed by atoms with Crippen molar-refractivity contribution in [2.75, 3.05) is 25.5 Å². The molecule has 0 spiro atoms. The Labute approximate surface area is 180 Å². The third-order valence-electron chi connectivity index (χ3n) is 6.53. The zero-order valence-corrected chi connectivity index (χ0v) is 17.6. The van der Waals surface area contributed by atoms with E-state index in [1.54, 1.807) is 23.0 Å². The number of anilines is 2. The van der Waals surface area contributed by atoms with Gasteiger partial charge in [0.05, 0.1) is 6.20 Å². The molecule has 2 N–H and O–H groups in total. The van der Waals surface area contributed by atoms with Crippen molar-refractivity contribution in [3.63, 3.8) is 0 Å². The molecular formula is C22H26N8O. The van der Waals surface area contributed by atoms with E-state index in [0.717, 1.165) is 63.3 Å². The molecule has 2 aliphatic rings. The Morgan fingerprint density at radius 2 is 1.94 bits per heavy atom. The molecule has 3 aromatic heterocycles. The summed E-state index contributed by atoms with van der Waals surface area (Å²) in [6.07, 6.45) is 9.64. The summed E-state index contributed by atoms with van der Waals surface area (Å²) >= 11 is 0. The molecule has 9 nitrogen and oxygen atoms in total. The fourth-order valence-electron chi connectivity index (χ4n) is 4.77. The standard InChI is InChI=1S/C22H26N8O/c1-29-8-6-14(7-9-29)19-24-13-18(26-19)27-22-25-12-16-10-15(11-23)21(31)30(20(16)28-22)17-4-2-3-5-17/h10,12-14,17H,2-9H2,1H3,(H,24,26)(H,25,27,28). The van der Waals surface area contributed by atoms with E-state index in [-0.39, 0.29) is 17.2 Å². The van der Waals surface area contributed by atoms with Gasteiger partial charge in [0.1, 0.15) is 28.9 Å². The van der Waals surface area contributed by atoms with Crippen LogP contribution in [-0.2, 0) is 0 Å². The average molecular weight is 419 g/mol. The average Bonchev–Trinajstić information content (AvgIpc) is 3.46. The lowest BCUT2D eigenvalue weighted by Gasteiger charge is -2.27. The quantitative estimate of drug-likeness (QED) is 0.669. The molecule has 0 amide bonds. The van der Waals surface area contributed by atoms with Gasteiger partial charge in [0.2, 0.25) is 5.95 Å². The van der Waals surface area contributed by atoms with Crippen molar-refractivity contribution in [2.24, 2.45) is 0 Å². The number of fused-ring (bicyclic) bond motifs is 1. The number of aromatic amines is 1. The van der Waals surface area contributed by atoms with E-state index in [2.05, 4.69) is 37.2 Å². The summed E-state index contributed by atoms with van der Waals surface area (Å²) in [6, 6.07) is 3.68. The van der Waals surface area contributed by atoms with E-state index in [0.29, 0.717) is 22.9 Å². The lowest BCUT2D eigenvalue weighted by molar-refractivity contribution is 0.251. The van der Waals surface area contributed by atoms with Crippen molar-refractivity contribution in [2.45, 2.75) is 50.5 Å². The maximum absolute atomic E-state index is 12.9. The van der Waals surface area contributed by atoms with E-state index in [1.807, 2.05) is 6.07 Å². The van der Waals surface area contributed by atoms with Crippen molar-refractivity contribution in [3.05, 3.63) is 40.2 Å². The van der Waals surface area contributed by atoms with Crippen molar-refractivity contribution in [1.82, 2.24) is 29.4 Å². The molecule has 1 saturated carbocycles. The summed E-state index contributed by atoms with van der Waals surface area (Å²) in [5.41, 5.74) is 0.446. The van der Waals surface area contributed by atoms with Crippen LogP contribution in [0.1, 0.15) is 61.9 Å². The minimum atomic E-state index is -0.266. The van der Waals surface area contributed by atoms with Crippen LogP contribution >= 0.6 is 0 Å². The van der Waals surface area contributed by atoms with Crippen molar-refractivity contribution in [1.29, 1.82) is 5.26 Å². The number of hydrogen-bond donors (Lipinski definition) is 2. The van der Waals surface area contributed by atoms with Crippen LogP contribution in [0.4, 0.5) is 11.8 Å². The number of piperidine rings is 1. The van der Waals surface area contributed by atoms with Crippen LogP contribution in [0.3, 0.4) is 0 Å². The summed E-state index contributed by atoms with van der Waals surface area (Å²) in [6.45, 7) is 2.15. The van der Waals surface area contributed by atoms with E-state index < -0.39 is 0 Å². The van der Waals surface area contributed by atoms with Gasteiger partial charge in [-0.2, -0.15) is 10.2 Å². The van der Waals surface area contributed by atoms with Gasteiger partial charge in [-0.15, -0.1) is 0 Å². The van der Waals surface area contributed by atoms with Gasteiger partial charge in [0, 0.05) is 23.5 Å². The zero-order valence-electron chi connectivity index (χ0n) is 17.6. The summed E-state index contributed by atoms with van der Waals surface area (Å²) in [4.78, 5) is 32.2. The maximum atomic E-state index is 12.9. The van der Waals surface area contributed by atoms with Gasteiger partial charge in [-0.1, -0.05) is 12.8 Å². The number of hydrogen-bond acceptors (Lipinski definition) is 7. The molecule has 3 aromatic rings. The Morgan fingerprint density at radius 1 is 1.16 bits per heavy atom. The second-order valence-corrected chi connectivity index (χ2v) is 8.64. The highest BCUT2D eigenvalue weighted by molar-refractivity contribution is 5.77. The predicted molar refractivity (Wildman–Crippen MR) is 117 cm³/mol. The number of imidazole rings is 1. The fraction of sp³-hybridized carbons (Fsp3) is 0.500. The minimum absolute atomic E-state index is 0.0780. The number of nitrogens with one attached hydrogen (secondary N) is 2. The monoisotopic (exact) mass is 418 g/mol. The molecular weight excluding hydrogens is 392 g/mol. The van der Waals surface area contributed by atoms with Gasteiger partial charge in [0.15, 0.2) is 0 Å². The van der Waals surface area contributed by atoms with Crippen molar-refractivity contribution >= 4 is 22.8 Å². The van der Waals surface area contributed by atoms with Gasteiger partial charge in [-0.3, -0.25) is 9.36 Å². The molecule has 0 unspecified atom stereocenters. The molecule has 1 aliphatic heterocycles. The SMILES string of the molecule is CN1CCC(c2ncc(Nc3ncc4cc(C#N)c(=O)n(C5CCCC5)c4n3)[nH]2)CC1. The first-order chi connectivity index (χ1) is 15.1. The number of pyridine rings is 1. The van der Waals surface area contributed by atoms with Crippen LogP contribution in [0.5, 0.6) is 0 Å². The number of nitrogens with zero attached hydrogens (tertiary/aromatic N) is 6. The predicted octanol–water partition coefficient (Wildman–Crippen LogP) is 3.05. The second kappa shape index (κ2) is 8.12. The Kier molecular flexibility index (Phi) is 5.16. The molecule has 0 radical (unpaired) electrons. The highest BCUT2D eigenvalue weighted by Crippen LogP contribution is 2.31. The first-order valence-electron chi connectivity index (χ1n) is 11.0. The van der Waals surface area contributed by atoms with E-state index in [9.17, 15) is 10.1 Å². The molecule has 0 atom stereocenters. The summed E-state index contributed by atoms with van der Waals surface area (Å²) < 4.78 is 1.70. The number of aromatic nitrogens is 5. The Morgan fingerprint density at radius 3 is 2.68 bits per heavy atom. The number of nitriles is 1. The molecule has 160 valence electrons. The lowest BCUT2D eigenvalue weighted by Crippen LogP contribution is -2.29. The first kappa shape index (κ1) is 19.7. The van der Waals surface area contributed by atoms with Crippen LogP contribution in [-0.4, -0.2) is 49.5 Å². The number of H-pyrrole nitrogens is 1. The fourth-order valence-corrected chi connectivity index (χ4v) is 4.77. The Balaban J connectivity index is 1.46. The smallest absolute Gasteiger partial charge is 0.270 e. The van der Waals surface area contributed by atoms with Crippen LogP contribution in [0.15, 0.2) is 23.3 Å². The van der Waals surface area contributed by atoms with Gasteiger partial charge >= 0.3 is 0 Å². The van der Waals surface area contributed by atoms with E-state index in [4.69, 9.17) is 0 Å². The van der Waals surface area contributed by atoms with Crippen molar-refractivity contribution < 1.29 is 0 Å². The summed E-state index contributed by atoms with van der Waals surface area (Å²) in [5, 5.41) is 13.3. The van der Waals surface area contributed by atoms with Gasteiger partial charge in [-0.05, 0) is 51.9 Å². The van der Waals surface area contributed by atoms with Crippen LogP contribution < -0.4 is 10.9 Å². The Bertz CT molecular complexity index is 1190. The van der Waals surface area contributed by atoms with Gasteiger partial charge in [-0.25, -0.2) is 9.97 Å². The summed E-state index contributed by atoms with van der Waals surface area (Å²) in [5.74, 6) is 2.55. The lowest BCUT2D eigenvalue weighted by atomic mass is 9.97. The van der Waals surface area contributed by atoms with Gasteiger partial charge in [0.25, 0.3) is 5.56 Å². The van der Waals surface area contributed by atoms with E-state index in [1.165, 1.54) is 0 Å². The second-order valence-electron chi connectivity index (χ2n) is 8.64. The first-order valence-corrected chi connectivity index (χ1v) is 11.0. The number of likely N-dealkylation sites (tertiary alicyclic amines) is 1. The normalized spacial score (nSPS) is 18.5. The largest absolute Gasteiger partial charge is 0.328 e. The molecule has 0 aromatic carbocycles. The molecule has 31 heavy (non-hydrogen) atoms. The third kappa shape index (κ3) is 3.79. The zero-order chi connectivity index (χ0) is 21.4. The third-order valence-corrected chi connectivity index (χ3v) is 6.53. The highest BCUT2D eigenvalue weighted by atomic mass is 16.1. The minimum Gasteiger partial charge on any atom is -0.328 e. The van der Waals surface area contributed by atoms with Gasteiger partial charge < -0.3 is 15.2 Å². The Hall–Kier alpha value is -3.25.